The van der Waals surface area contributed by atoms with Crippen molar-refractivity contribution in [2.75, 3.05) is 20.8 Å². The molecule has 0 aromatic heterocycles. The summed E-state index contributed by atoms with van der Waals surface area (Å²) >= 11 is 0. The molecule has 0 amide bonds. The van der Waals surface area contributed by atoms with Gasteiger partial charge in [-0.1, -0.05) is 49.4 Å². The Balaban J connectivity index is 0.00000420. The minimum Gasteiger partial charge on any atom is -0.497 e. The normalized spacial score (nSPS) is 18.9. The van der Waals surface area contributed by atoms with Crippen molar-refractivity contribution in [3.05, 3.63) is 65.8 Å². The first-order chi connectivity index (χ1) is 13.7. The van der Waals surface area contributed by atoms with Gasteiger partial charge >= 0.3 is 0 Å². The van der Waals surface area contributed by atoms with E-state index >= 15 is 0 Å². The minimum atomic E-state index is -0.246. The van der Waals surface area contributed by atoms with E-state index in [1.54, 1.807) is 20.3 Å². The number of carbonyl (C=O) groups excluding carboxylic acids is 1. The van der Waals surface area contributed by atoms with Gasteiger partial charge in [-0.2, -0.15) is 0 Å². The molecule has 0 saturated carbocycles. The minimum absolute atomic E-state index is 0. The lowest BCUT2D eigenvalue weighted by Gasteiger charge is -2.24. The standard InChI is InChI=1S/C23H30O5.CH4/c1-18-13-15-27-21(16-18)11-12-22(26-3)23(6-4-5-14-24)28-17-19-7-9-20(25-2)10-8-19;/h4-5,7-14,21-23H,6,15-17H2,1-3H3;1H4/b5-4+,12-11+;/t21-,22?,23+;/m1./s1. The number of allylic oxidation sites excluding steroid dienone is 1. The summed E-state index contributed by atoms with van der Waals surface area (Å²) in [6, 6.07) is 7.76. The van der Waals surface area contributed by atoms with Crippen LogP contribution in [-0.4, -0.2) is 45.4 Å². The number of methoxy groups -OCH3 is 2. The molecule has 1 aliphatic rings. The molecule has 0 bridgehead atoms. The molecule has 0 radical (unpaired) electrons. The van der Waals surface area contributed by atoms with Crippen LogP contribution in [0.5, 0.6) is 5.75 Å². The smallest absolute Gasteiger partial charge is 0.142 e. The lowest BCUT2D eigenvalue weighted by molar-refractivity contribution is -0.104. The Kier molecular flexibility index (Phi) is 11.9. The van der Waals surface area contributed by atoms with E-state index in [4.69, 9.17) is 18.9 Å². The van der Waals surface area contributed by atoms with Crippen LogP contribution < -0.4 is 4.74 Å². The Morgan fingerprint density at radius 2 is 2.00 bits per heavy atom. The summed E-state index contributed by atoms with van der Waals surface area (Å²) < 4.78 is 22.7. The Morgan fingerprint density at radius 3 is 2.62 bits per heavy atom. The molecule has 2 rings (SSSR count). The summed E-state index contributed by atoms with van der Waals surface area (Å²) in [7, 11) is 3.30. The molecule has 0 spiro atoms. The van der Waals surface area contributed by atoms with Crippen LogP contribution in [0.2, 0.25) is 0 Å². The van der Waals surface area contributed by atoms with Crippen molar-refractivity contribution in [1.82, 2.24) is 0 Å². The first-order valence-electron chi connectivity index (χ1n) is 9.49. The van der Waals surface area contributed by atoms with Crippen molar-refractivity contribution in [2.45, 2.75) is 52.1 Å². The third-order valence-corrected chi connectivity index (χ3v) is 4.63. The van der Waals surface area contributed by atoms with Crippen LogP contribution in [0, 0.1) is 0 Å². The van der Waals surface area contributed by atoms with E-state index in [1.807, 2.05) is 36.4 Å². The topological polar surface area (TPSA) is 54.0 Å². The molecule has 5 nitrogen and oxygen atoms in total. The number of hydrogen-bond donors (Lipinski definition) is 0. The Hall–Kier alpha value is -2.21. The predicted molar refractivity (Wildman–Crippen MR) is 116 cm³/mol. The zero-order valence-corrected chi connectivity index (χ0v) is 16.9. The molecule has 160 valence electrons. The fourth-order valence-electron chi connectivity index (χ4n) is 2.98. The van der Waals surface area contributed by atoms with Gasteiger partial charge in [0.05, 0.1) is 32.5 Å². The average Bonchev–Trinajstić information content (AvgIpc) is 2.72. The first kappa shape index (κ1) is 24.8. The van der Waals surface area contributed by atoms with Crippen LogP contribution in [0.15, 0.2) is 60.2 Å². The van der Waals surface area contributed by atoms with Gasteiger partial charge in [-0.3, -0.25) is 4.79 Å². The molecule has 1 aliphatic heterocycles. The third-order valence-electron chi connectivity index (χ3n) is 4.63. The van der Waals surface area contributed by atoms with Crippen LogP contribution in [0.25, 0.3) is 0 Å². The number of rotatable bonds is 11. The maximum atomic E-state index is 10.6. The van der Waals surface area contributed by atoms with Crippen molar-refractivity contribution < 1.29 is 23.7 Å². The van der Waals surface area contributed by atoms with E-state index in [1.165, 1.54) is 11.6 Å². The van der Waals surface area contributed by atoms with Gasteiger partial charge in [0.1, 0.15) is 18.1 Å². The quantitative estimate of drug-likeness (QED) is 0.306. The van der Waals surface area contributed by atoms with E-state index in [9.17, 15) is 4.79 Å². The van der Waals surface area contributed by atoms with Crippen LogP contribution in [0.4, 0.5) is 0 Å². The molecule has 1 unspecified atom stereocenters. The number of hydrogen-bond acceptors (Lipinski definition) is 5. The summed E-state index contributed by atoms with van der Waals surface area (Å²) in [5.41, 5.74) is 2.37. The van der Waals surface area contributed by atoms with Gasteiger partial charge in [0.15, 0.2) is 0 Å². The molecule has 1 aromatic carbocycles. The molecule has 0 aliphatic carbocycles. The highest BCUT2D eigenvalue weighted by atomic mass is 16.5. The average molecular weight is 403 g/mol. The summed E-state index contributed by atoms with van der Waals surface area (Å²) in [6.45, 7) is 3.19. The number of carbonyl (C=O) groups is 1. The second-order valence-corrected chi connectivity index (χ2v) is 6.71. The molecule has 29 heavy (non-hydrogen) atoms. The molecule has 0 saturated heterocycles. The molecule has 1 heterocycles. The summed E-state index contributed by atoms with van der Waals surface area (Å²) in [4.78, 5) is 10.6. The van der Waals surface area contributed by atoms with Crippen LogP contribution in [0.1, 0.15) is 32.8 Å². The highest BCUT2D eigenvalue weighted by Gasteiger charge is 2.20. The molecular formula is C24H34O5. The number of ether oxygens (including phenoxy) is 4. The maximum absolute atomic E-state index is 10.6. The first-order valence-corrected chi connectivity index (χ1v) is 9.49. The van der Waals surface area contributed by atoms with E-state index in [2.05, 4.69) is 13.0 Å². The van der Waals surface area contributed by atoms with Gasteiger partial charge < -0.3 is 18.9 Å². The molecule has 0 fully saturated rings. The Labute approximate surface area is 175 Å². The Morgan fingerprint density at radius 1 is 1.24 bits per heavy atom. The van der Waals surface area contributed by atoms with Crippen LogP contribution in [-0.2, 0) is 25.6 Å². The molecule has 1 aromatic rings. The largest absolute Gasteiger partial charge is 0.497 e. The summed E-state index contributed by atoms with van der Waals surface area (Å²) in [5.74, 6) is 0.809. The Bertz CT molecular complexity index is 675. The molecule has 0 N–H and O–H groups in total. The highest BCUT2D eigenvalue weighted by molar-refractivity contribution is 5.64. The monoisotopic (exact) mass is 402 g/mol. The highest BCUT2D eigenvalue weighted by Crippen LogP contribution is 2.19. The fourth-order valence-corrected chi connectivity index (χ4v) is 2.98. The maximum Gasteiger partial charge on any atom is 0.142 e. The lowest BCUT2D eigenvalue weighted by Crippen LogP contribution is -2.29. The summed E-state index contributed by atoms with van der Waals surface area (Å²) in [6.07, 6.45) is 11.2. The van der Waals surface area contributed by atoms with Gasteiger partial charge in [-0.15, -0.1) is 0 Å². The van der Waals surface area contributed by atoms with Crippen molar-refractivity contribution >= 4 is 6.29 Å². The van der Waals surface area contributed by atoms with Gasteiger partial charge in [0, 0.05) is 7.11 Å². The lowest BCUT2D eigenvalue weighted by atomic mass is 10.0. The second kappa shape index (κ2) is 13.9. The van der Waals surface area contributed by atoms with Crippen LogP contribution >= 0.6 is 0 Å². The van der Waals surface area contributed by atoms with Crippen molar-refractivity contribution in [1.29, 1.82) is 0 Å². The zero-order chi connectivity index (χ0) is 20.2. The van der Waals surface area contributed by atoms with Gasteiger partial charge in [0.25, 0.3) is 0 Å². The van der Waals surface area contributed by atoms with E-state index in [-0.39, 0.29) is 25.7 Å². The zero-order valence-electron chi connectivity index (χ0n) is 16.9. The van der Waals surface area contributed by atoms with Crippen molar-refractivity contribution in [3.63, 3.8) is 0 Å². The van der Waals surface area contributed by atoms with Gasteiger partial charge in [-0.25, -0.2) is 0 Å². The van der Waals surface area contributed by atoms with E-state index in [0.29, 0.717) is 19.6 Å². The fraction of sp³-hybridized carbons (Fsp3) is 0.458. The predicted octanol–water partition coefficient (Wildman–Crippen LogP) is 4.67. The van der Waals surface area contributed by atoms with Crippen LogP contribution in [0.3, 0.4) is 0 Å². The summed E-state index contributed by atoms with van der Waals surface area (Å²) in [5, 5.41) is 0. The molecular weight excluding hydrogens is 368 g/mol. The number of benzene rings is 1. The van der Waals surface area contributed by atoms with Crippen molar-refractivity contribution in [2.24, 2.45) is 0 Å². The van der Waals surface area contributed by atoms with Gasteiger partial charge in [-0.05, 0) is 43.5 Å². The molecule has 5 heteroatoms. The SMILES string of the molecule is C.COc1ccc(CO[C@@H](C/C=C/C=O)C(/C=C/[C@@H]2CC(C)=CCO2)OC)cc1. The van der Waals surface area contributed by atoms with E-state index < -0.39 is 0 Å². The number of aldehydes is 1. The third kappa shape index (κ3) is 8.77. The second-order valence-electron chi connectivity index (χ2n) is 6.71. The van der Waals surface area contributed by atoms with Crippen molar-refractivity contribution in [3.8, 4) is 5.75 Å². The molecule has 3 atom stereocenters. The van der Waals surface area contributed by atoms with E-state index in [0.717, 1.165) is 24.0 Å². The van der Waals surface area contributed by atoms with Gasteiger partial charge in [0.2, 0.25) is 0 Å².